The summed E-state index contributed by atoms with van der Waals surface area (Å²) in [5, 5.41) is 0. The maximum absolute atomic E-state index is 10.1. The second-order valence-electron chi connectivity index (χ2n) is 4.83. The van der Waals surface area contributed by atoms with E-state index in [2.05, 4.69) is 19.1 Å². The van der Waals surface area contributed by atoms with Crippen LogP contribution in [0.2, 0.25) is 0 Å². The van der Waals surface area contributed by atoms with Gasteiger partial charge in [-0.3, -0.25) is 0 Å². The number of allylic oxidation sites excluding steroid dienone is 2. The Morgan fingerprint density at radius 2 is 1.18 bits per heavy atom. The molecule has 0 aliphatic carbocycles. The van der Waals surface area contributed by atoms with E-state index in [0.29, 0.717) is 6.42 Å². The summed E-state index contributed by atoms with van der Waals surface area (Å²) in [4.78, 5) is 10.1. The van der Waals surface area contributed by atoms with Crippen molar-refractivity contribution in [2.75, 3.05) is 0 Å². The average molecular weight is 238 g/mol. The fraction of sp³-hybridized carbons (Fsp3) is 0.812. The molecular formula is C16H30O. The molecule has 17 heavy (non-hydrogen) atoms. The molecule has 0 aliphatic heterocycles. The lowest BCUT2D eigenvalue weighted by Gasteiger charge is -2.00. The lowest BCUT2D eigenvalue weighted by molar-refractivity contribution is -0.107. The highest BCUT2D eigenvalue weighted by Gasteiger charge is 1.91. The van der Waals surface area contributed by atoms with Crippen LogP contribution >= 0.6 is 0 Å². The first-order valence-electron chi connectivity index (χ1n) is 7.50. The molecule has 100 valence electrons. The second-order valence-corrected chi connectivity index (χ2v) is 4.83. The third kappa shape index (κ3) is 15.4. The Bertz CT molecular complexity index is 172. The van der Waals surface area contributed by atoms with Crippen LogP contribution < -0.4 is 0 Å². The molecule has 0 aliphatic rings. The predicted octanol–water partition coefficient (Wildman–Crippen LogP) is 5.44. The van der Waals surface area contributed by atoms with Gasteiger partial charge in [0.25, 0.3) is 0 Å². The molecule has 0 spiro atoms. The highest BCUT2D eigenvalue weighted by atomic mass is 16.1. The third-order valence-electron chi connectivity index (χ3n) is 3.09. The summed E-state index contributed by atoms with van der Waals surface area (Å²) in [6.45, 7) is 2.27. The van der Waals surface area contributed by atoms with Crippen molar-refractivity contribution in [2.24, 2.45) is 0 Å². The van der Waals surface area contributed by atoms with Crippen molar-refractivity contribution < 1.29 is 4.79 Å². The zero-order valence-electron chi connectivity index (χ0n) is 11.6. The molecule has 0 bridgehead atoms. The molecule has 1 nitrogen and oxygen atoms in total. The molecule has 0 atom stereocenters. The maximum Gasteiger partial charge on any atom is 0.120 e. The van der Waals surface area contributed by atoms with Crippen LogP contribution in [0.3, 0.4) is 0 Å². The molecule has 0 saturated heterocycles. The summed E-state index contributed by atoms with van der Waals surface area (Å²) >= 11 is 0. The lowest BCUT2D eigenvalue weighted by Crippen LogP contribution is -1.80. The van der Waals surface area contributed by atoms with E-state index in [9.17, 15) is 4.79 Å². The Hall–Kier alpha value is -0.590. The van der Waals surface area contributed by atoms with Crippen molar-refractivity contribution in [2.45, 2.75) is 84.0 Å². The van der Waals surface area contributed by atoms with Gasteiger partial charge in [0.15, 0.2) is 0 Å². The van der Waals surface area contributed by atoms with Crippen LogP contribution in [0.1, 0.15) is 84.0 Å². The van der Waals surface area contributed by atoms with Crippen LogP contribution in [0.4, 0.5) is 0 Å². The average Bonchev–Trinajstić information content (AvgIpc) is 2.35. The highest BCUT2D eigenvalue weighted by Crippen LogP contribution is 2.10. The summed E-state index contributed by atoms with van der Waals surface area (Å²) in [6, 6.07) is 0. The maximum atomic E-state index is 10.1. The Labute approximate surface area is 108 Å². The highest BCUT2D eigenvalue weighted by molar-refractivity contribution is 5.49. The molecule has 0 saturated carbocycles. The Kier molecular flexibility index (Phi) is 14.9. The van der Waals surface area contributed by atoms with Gasteiger partial charge in [0, 0.05) is 6.42 Å². The standard InChI is InChI=1S/C16H30O/c1-2-3-4-5-6-7-8-9-10-11-12-13-14-15-16-17/h12-13,16H,2-11,14-15H2,1H3. The molecule has 0 unspecified atom stereocenters. The lowest BCUT2D eigenvalue weighted by atomic mass is 10.1. The van der Waals surface area contributed by atoms with Crippen molar-refractivity contribution in [3.05, 3.63) is 12.2 Å². The summed E-state index contributed by atoms with van der Waals surface area (Å²) in [6.07, 6.45) is 20.7. The number of hydrogen-bond acceptors (Lipinski definition) is 1. The Morgan fingerprint density at radius 1 is 0.647 bits per heavy atom. The molecule has 0 aromatic carbocycles. The molecule has 1 heteroatoms. The minimum Gasteiger partial charge on any atom is -0.303 e. The first kappa shape index (κ1) is 16.4. The zero-order valence-corrected chi connectivity index (χ0v) is 11.6. The number of carbonyl (C=O) groups is 1. The molecule has 0 heterocycles. The number of carbonyl (C=O) groups excluding carboxylic acids is 1. The second kappa shape index (κ2) is 15.4. The van der Waals surface area contributed by atoms with E-state index in [0.717, 1.165) is 12.7 Å². The zero-order chi connectivity index (χ0) is 12.6. The van der Waals surface area contributed by atoms with Gasteiger partial charge in [0.2, 0.25) is 0 Å². The van der Waals surface area contributed by atoms with E-state index in [1.54, 1.807) is 0 Å². The number of hydrogen-bond donors (Lipinski definition) is 0. The van der Waals surface area contributed by atoms with Crippen LogP contribution in [-0.4, -0.2) is 6.29 Å². The van der Waals surface area contributed by atoms with E-state index in [1.807, 2.05) is 0 Å². The molecule has 0 aromatic rings. The van der Waals surface area contributed by atoms with Gasteiger partial charge in [-0.25, -0.2) is 0 Å². The molecule has 0 radical (unpaired) electrons. The third-order valence-corrected chi connectivity index (χ3v) is 3.09. The minimum atomic E-state index is 0.675. The van der Waals surface area contributed by atoms with Crippen LogP contribution in [-0.2, 0) is 4.79 Å². The first-order valence-corrected chi connectivity index (χ1v) is 7.50. The van der Waals surface area contributed by atoms with Crippen LogP contribution in [0, 0.1) is 0 Å². The van der Waals surface area contributed by atoms with Gasteiger partial charge in [0.05, 0.1) is 0 Å². The molecule has 0 amide bonds. The van der Waals surface area contributed by atoms with Crippen LogP contribution in [0.5, 0.6) is 0 Å². The van der Waals surface area contributed by atoms with Crippen LogP contribution in [0.25, 0.3) is 0 Å². The monoisotopic (exact) mass is 238 g/mol. The smallest absolute Gasteiger partial charge is 0.120 e. The van der Waals surface area contributed by atoms with E-state index >= 15 is 0 Å². The minimum absolute atomic E-state index is 0.675. The van der Waals surface area contributed by atoms with Gasteiger partial charge >= 0.3 is 0 Å². The molecule has 0 fully saturated rings. The van der Waals surface area contributed by atoms with Crippen molar-refractivity contribution in [3.8, 4) is 0 Å². The van der Waals surface area contributed by atoms with E-state index < -0.39 is 0 Å². The van der Waals surface area contributed by atoms with Crippen molar-refractivity contribution >= 4 is 6.29 Å². The molecular weight excluding hydrogens is 208 g/mol. The normalized spacial score (nSPS) is 11.1. The molecule has 0 N–H and O–H groups in total. The fourth-order valence-corrected chi connectivity index (χ4v) is 1.97. The topological polar surface area (TPSA) is 17.1 Å². The quantitative estimate of drug-likeness (QED) is 0.237. The molecule has 0 rings (SSSR count). The van der Waals surface area contributed by atoms with E-state index in [4.69, 9.17) is 0 Å². The number of rotatable bonds is 13. The number of aldehydes is 1. The van der Waals surface area contributed by atoms with Gasteiger partial charge in [-0.1, -0.05) is 70.4 Å². The van der Waals surface area contributed by atoms with Crippen molar-refractivity contribution in [3.63, 3.8) is 0 Å². The fourth-order valence-electron chi connectivity index (χ4n) is 1.97. The van der Waals surface area contributed by atoms with Gasteiger partial charge in [0.1, 0.15) is 6.29 Å². The summed E-state index contributed by atoms with van der Waals surface area (Å²) in [7, 11) is 0. The van der Waals surface area contributed by atoms with Gasteiger partial charge in [-0.05, 0) is 19.3 Å². The van der Waals surface area contributed by atoms with Crippen molar-refractivity contribution in [1.82, 2.24) is 0 Å². The van der Waals surface area contributed by atoms with Gasteiger partial charge in [-0.15, -0.1) is 0 Å². The largest absolute Gasteiger partial charge is 0.303 e. The van der Waals surface area contributed by atoms with Crippen molar-refractivity contribution in [1.29, 1.82) is 0 Å². The van der Waals surface area contributed by atoms with E-state index in [1.165, 1.54) is 64.2 Å². The van der Waals surface area contributed by atoms with Gasteiger partial charge < -0.3 is 4.79 Å². The van der Waals surface area contributed by atoms with Gasteiger partial charge in [-0.2, -0.15) is 0 Å². The Balaban J connectivity index is 2.98. The summed E-state index contributed by atoms with van der Waals surface area (Å²) in [5.41, 5.74) is 0. The summed E-state index contributed by atoms with van der Waals surface area (Å²) in [5.74, 6) is 0. The first-order chi connectivity index (χ1) is 8.41. The SMILES string of the molecule is CCCCCCCCCCCC=CCCC=O. The van der Waals surface area contributed by atoms with Crippen LogP contribution in [0.15, 0.2) is 12.2 Å². The van der Waals surface area contributed by atoms with E-state index in [-0.39, 0.29) is 0 Å². The number of unbranched alkanes of at least 4 members (excludes halogenated alkanes) is 10. The molecule has 0 aromatic heterocycles. The Morgan fingerprint density at radius 3 is 1.76 bits per heavy atom. The summed E-state index contributed by atoms with van der Waals surface area (Å²) < 4.78 is 0. The predicted molar refractivity (Wildman–Crippen MR) is 76.3 cm³/mol.